The second-order valence-corrected chi connectivity index (χ2v) is 19.2. The number of hydrogen-bond donors (Lipinski definition) is 2. The standard InChI is InChI=1S/2C25H30N6O2S/c2*1-29(2)20-6-4-5-18(15-20)17-33-24-22(34-21-9-7-19(8-10-21)23(26)32)16-27-25(28-24)31-13-11-30(3)12-14-31/h2*4-10,15-16H,11-14,17H2,1-3H3,(H2,26,32). The van der Waals surface area contributed by atoms with Gasteiger partial charge in [-0.25, -0.2) is 9.97 Å². The number of primary amides is 2. The first-order chi connectivity index (χ1) is 32.8. The first kappa shape index (κ1) is 49.3. The number of piperazine rings is 2. The third-order valence-electron chi connectivity index (χ3n) is 11.3. The third kappa shape index (κ3) is 13.7. The van der Waals surface area contributed by atoms with Crippen LogP contribution in [0.25, 0.3) is 0 Å². The molecule has 2 aliphatic heterocycles. The number of hydrogen-bond acceptors (Lipinski definition) is 16. The van der Waals surface area contributed by atoms with E-state index in [9.17, 15) is 9.59 Å². The first-order valence-electron chi connectivity index (χ1n) is 22.3. The lowest BCUT2D eigenvalue weighted by atomic mass is 10.2. The first-order valence-corrected chi connectivity index (χ1v) is 24.0. The van der Waals surface area contributed by atoms with Crippen molar-refractivity contribution in [2.45, 2.75) is 32.8 Å². The number of anilines is 4. The van der Waals surface area contributed by atoms with Gasteiger partial charge in [-0.1, -0.05) is 47.8 Å². The number of rotatable bonds is 16. The summed E-state index contributed by atoms with van der Waals surface area (Å²) in [5, 5.41) is 0. The summed E-state index contributed by atoms with van der Waals surface area (Å²) in [5.41, 5.74) is 16.0. The highest BCUT2D eigenvalue weighted by atomic mass is 32.2. The number of ether oxygens (including phenoxy) is 2. The molecular formula is C50H60N12O4S2. The van der Waals surface area contributed by atoms with Crippen LogP contribution in [0.3, 0.4) is 0 Å². The quantitative estimate of drug-likeness (QED) is 0.111. The molecule has 0 radical (unpaired) electrons. The Labute approximate surface area is 407 Å². The molecule has 2 aliphatic rings. The average molecular weight is 957 g/mol. The van der Waals surface area contributed by atoms with E-state index >= 15 is 0 Å². The van der Waals surface area contributed by atoms with E-state index < -0.39 is 11.8 Å². The van der Waals surface area contributed by atoms with E-state index in [1.807, 2.05) is 89.1 Å². The highest BCUT2D eigenvalue weighted by Gasteiger charge is 2.21. The predicted octanol–water partition coefficient (Wildman–Crippen LogP) is 6.25. The van der Waals surface area contributed by atoms with E-state index in [0.29, 0.717) is 48.0 Å². The molecule has 4 heterocycles. The van der Waals surface area contributed by atoms with Crippen molar-refractivity contribution in [3.05, 3.63) is 132 Å². The molecule has 0 unspecified atom stereocenters. The normalized spacial score (nSPS) is 14.1. The largest absolute Gasteiger partial charge is 0.472 e. The molecule has 2 aromatic heterocycles. The molecule has 0 atom stereocenters. The molecule has 4 aromatic carbocycles. The fourth-order valence-electron chi connectivity index (χ4n) is 7.14. The monoisotopic (exact) mass is 956 g/mol. The van der Waals surface area contributed by atoms with Gasteiger partial charge in [0.1, 0.15) is 13.2 Å². The molecule has 0 saturated carbocycles. The van der Waals surface area contributed by atoms with Crippen LogP contribution in [-0.2, 0) is 13.2 Å². The molecular weight excluding hydrogens is 897 g/mol. The van der Waals surface area contributed by atoms with Crippen molar-refractivity contribution in [3.8, 4) is 11.8 Å². The summed E-state index contributed by atoms with van der Waals surface area (Å²) in [5.74, 6) is 1.56. The van der Waals surface area contributed by atoms with Gasteiger partial charge in [-0.05, 0) is 98.0 Å². The van der Waals surface area contributed by atoms with Crippen LogP contribution in [-0.4, -0.2) is 136 Å². The highest BCUT2D eigenvalue weighted by molar-refractivity contribution is 7.99. The summed E-state index contributed by atoms with van der Waals surface area (Å²) < 4.78 is 12.5. The van der Waals surface area contributed by atoms with Crippen LogP contribution in [0.2, 0.25) is 0 Å². The van der Waals surface area contributed by atoms with Crippen molar-refractivity contribution >= 4 is 58.6 Å². The third-order valence-corrected chi connectivity index (χ3v) is 13.3. The topological polar surface area (TPSA) is 176 Å². The van der Waals surface area contributed by atoms with Gasteiger partial charge in [-0.2, -0.15) is 9.97 Å². The number of nitrogens with zero attached hydrogens (tertiary/aromatic N) is 10. The number of amides is 2. The summed E-state index contributed by atoms with van der Waals surface area (Å²) in [6.07, 6.45) is 3.64. The van der Waals surface area contributed by atoms with E-state index in [1.54, 1.807) is 24.3 Å². The van der Waals surface area contributed by atoms with Crippen LogP contribution in [0.5, 0.6) is 11.8 Å². The number of nitrogens with two attached hydrogens (primary N) is 2. The summed E-state index contributed by atoms with van der Waals surface area (Å²) >= 11 is 2.99. The van der Waals surface area contributed by atoms with Crippen molar-refractivity contribution in [3.63, 3.8) is 0 Å². The molecule has 68 heavy (non-hydrogen) atoms. The van der Waals surface area contributed by atoms with Gasteiger partial charge >= 0.3 is 0 Å². The van der Waals surface area contributed by atoms with E-state index in [2.05, 4.69) is 77.7 Å². The molecule has 16 nitrogen and oxygen atoms in total. The predicted molar refractivity (Wildman–Crippen MR) is 272 cm³/mol. The SMILES string of the molecule is CN1CCN(c2ncc(Sc3ccc(C(N)=O)cc3)c(OCc3cccc(N(C)C)c3)n2)CC1.CN1CCN(c2ncc(Sc3ccc(C(N)=O)cc3)c(OCc3cccc(N(C)C)c3)n2)CC1. The highest BCUT2D eigenvalue weighted by Crippen LogP contribution is 2.37. The second kappa shape index (κ2) is 23.4. The maximum absolute atomic E-state index is 11.4. The Bertz CT molecular complexity index is 2440. The molecule has 6 aromatic rings. The number of carbonyl (C=O) groups excluding carboxylic acids is 2. The smallest absolute Gasteiger partial charge is 0.248 e. The lowest BCUT2D eigenvalue weighted by Gasteiger charge is -2.32. The van der Waals surface area contributed by atoms with Crippen LogP contribution in [0.4, 0.5) is 23.3 Å². The zero-order valence-electron chi connectivity index (χ0n) is 39.5. The Morgan fingerprint density at radius 3 is 1.26 bits per heavy atom. The molecule has 0 bridgehead atoms. The van der Waals surface area contributed by atoms with Crippen molar-refractivity contribution in [1.29, 1.82) is 0 Å². The molecule has 0 spiro atoms. The second-order valence-electron chi connectivity index (χ2n) is 16.9. The van der Waals surface area contributed by atoms with E-state index in [1.165, 1.54) is 23.5 Å². The molecule has 2 saturated heterocycles. The van der Waals surface area contributed by atoms with Crippen molar-refractivity contribution in [1.82, 2.24) is 29.7 Å². The van der Waals surface area contributed by atoms with Crippen LogP contribution < -0.4 is 40.5 Å². The lowest BCUT2D eigenvalue weighted by Crippen LogP contribution is -2.45. The zero-order chi connectivity index (χ0) is 48.2. The van der Waals surface area contributed by atoms with E-state index in [-0.39, 0.29) is 0 Å². The Morgan fingerprint density at radius 1 is 0.559 bits per heavy atom. The van der Waals surface area contributed by atoms with Gasteiger partial charge in [0.2, 0.25) is 35.5 Å². The van der Waals surface area contributed by atoms with Crippen molar-refractivity contribution < 1.29 is 19.1 Å². The maximum Gasteiger partial charge on any atom is 0.248 e. The van der Waals surface area contributed by atoms with E-state index in [4.69, 9.17) is 30.9 Å². The van der Waals surface area contributed by atoms with Crippen LogP contribution in [0.1, 0.15) is 31.8 Å². The number of benzene rings is 4. The zero-order valence-corrected chi connectivity index (χ0v) is 41.2. The Balaban J connectivity index is 0.000000201. The molecule has 0 aliphatic carbocycles. The fraction of sp³-hybridized carbons (Fsp3) is 0.320. The van der Waals surface area contributed by atoms with Gasteiger partial charge in [0.15, 0.2) is 0 Å². The minimum absolute atomic E-state index is 0.398. The fourth-order valence-corrected chi connectivity index (χ4v) is 8.78. The maximum atomic E-state index is 11.4. The molecule has 18 heteroatoms. The molecule has 2 fully saturated rings. The van der Waals surface area contributed by atoms with Gasteiger partial charge in [0.25, 0.3) is 0 Å². The molecule has 4 N–H and O–H groups in total. The summed E-state index contributed by atoms with van der Waals surface area (Å²) in [6, 6.07) is 30.8. The Hall–Kier alpha value is -6.60. The van der Waals surface area contributed by atoms with Gasteiger partial charge in [0, 0.05) is 113 Å². The van der Waals surface area contributed by atoms with Crippen LogP contribution >= 0.6 is 23.5 Å². The summed E-state index contributed by atoms with van der Waals surface area (Å²) in [6.45, 7) is 8.19. The Morgan fingerprint density at radius 2 is 0.926 bits per heavy atom. The van der Waals surface area contributed by atoms with Crippen LogP contribution in [0, 0.1) is 0 Å². The molecule has 356 valence electrons. The average Bonchev–Trinajstić information content (AvgIpc) is 3.34. The van der Waals surface area contributed by atoms with Gasteiger partial charge in [-0.3, -0.25) is 9.59 Å². The molecule has 8 rings (SSSR count). The summed E-state index contributed by atoms with van der Waals surface area (Å²) in [7, 11) is 12.3. The minimum atomic E-state index is -0.444. The van der Waals surface area contributed by atoms with Crippen molar-refractivity contribution in [2.75, 3.05) is 114 Å². The summed E-state index contributed by atoms with van der Waals surface area (Å²) in [4.78, 5) is 58.3. The Kier molecular flexibility index (Phi) is 17.0. The van der Waals surface area contributed by atoms with E-state index in [0.717, 1.165) is 94.4 Å². The minimum Gasteiger partial charge on any atom is -0.472 e. The van der Waals surface area contributed by atoms with Gasteiger partial charge in [-0.15, -0.1) is 0 Å². The van der Waals surface area contributed by atoms with Crippen molar-refractivity contribution in [2.24, 2.45) is 11.5 Å². The number of likely N-dealkylation sites (N-methyl/N-ethyl adjacent to an activating group) is 2. The molecule has 2 amide bonds. The van der Waals surface area contributed by atoms with Crippen LogP contribution in [0.15, 0.2) is 129 Å². The lowest BCUT2D eigenvalue weighted by molar-refractivity contribution is 0.0992. The van der Waals surface area contributed by atoms with Gasteiger partial charge in [0.05, 0.1) is 22.2 Å². The number of aromatic nitrogens is 4. The van der Waals surface area contributed by atoms with Gasteiger partial charge < -0.3 is 50.3 Å². The number of carbonyl (C=O) groups is 2.